The van der Waals surface area contributed by atoms with Crippen molar-refractivity contribution in [2.75, 3.05) is 25.5 Å². The van der Waals surface area contributed by atoms with Crippen LogP contribution in [-0.4, -0.2) is 30.2 Å². The first-order valence-electron chi connectivity index (χ1n) is 6.61. The van der Waals surface area contributed by atoms with Gasteiger partial charge in [-0.25, -0.2) is 4.98 Å². The second-order valence-corrected chi connectivity index (χ2v) is 4.87. The van der Waals surface area contributed by atoms with Crippen LogP contribution in [0.5, 0.6) is 0 Å². The van der Waals surface area contributed by atoms with Gasteiger partial charge in [0.15, 0.2) is 0 Å². The van der Waals surface area contributed by atoms with Gasteiger partial charge in [-0.3, -0.25) is 0 Å². The maximum atomic E-state index is 4.46. The van der Waals surface area contributed by atoms with Gasteiger partial charge in [-0.05, 0) is 24.2 Å². The highest BCUT2D eigenvalue weighted by atomic mass is 15.1. The third kappa shape index (κ3) is 2.96. The highest BCUT2D eigenvalue weighted by Crippen LogP contribution is 2.22. The molecule has 4 nitrogen and oxygen atoms in total. The molecule has 1 unspecified atom stereocenters. The van der Waals surface area contributed by atoms with E-state index in [1.54, 1.807) is 0 Å². The Labute approximate surface area is 115 Å². The van der Waals surface area contributed by atoms with E-state index in [1.165, 1.54) is 11.3 Å². The van der Waals surface area contributed by atoms with Crippen LogP contribution in [0.15, 0.2) is 36.7 Å². The van der Waals surface area contributed by atoms with E-state index in [4.69, 9.17) is 0 Å². The first-order valence-corrected chi connectivity index (χ1v) is 6.61. The Morgan fingerprint density at radius 1 is 1.26 bits per heavy atom. The lowest BCUT2D eigenvalue weighted by Crippen LogP contribution is -2.24. The number of nitrogens with one attached hydrogen (secondary N) is 1. The van der Waals surface area contributed by atoms with Gasteiger partial charge in [0.1, 0.15) is 5.82 Å². The molecule has 1 atom stereocenters. The maximum Gasteiger partial charge on any atom is 0.130 e. The van der Waals surface area contributed by atoms with Crippen molar-refractivity contribution in [2.45, 2.75) is 13.0 Å². The van der Waals surface area contributed by atoms with E-state index < -0.39 is 0 Å². The Bertz CT molecular complexity index is 513. The third-order valence-electron chi connectivity index (χ3n) is 3.27. The Morgan fingerprint density at radius 2 is 1.95 bits per heavy atom. The quantitative estimate of drug-likeness (QED) is 0.892. The summed E-state index contributed by atoms with van der Waals surface area (Å²) in [4.78, 5) is 6.56. The molecule has 1 heterocycles. The van der Waals surface area contributed by atoms with Gasteiger partial charge in [-0.15, -0.1) is 0 Å². The zero-order valence-corrected chi connectivity index (χ0v) is 12.1. The largest absolute Gasteiger partial charge is 0.378 e. The highest BCUT2D eigenvalue weighted by Gasteiger charge is 2.16. The molecule has 1 aromatic carbocycles. The lowest BCUT2D eigenvalue weighted by molar-refractivity contribution is 0.577. The minimum Gasteiger partial charge on any atom is -0.378 e. The fourth-order valence-corrected chi connectivity index (χ4v) is 2.18. The Morgan fingerprint density at radius 3 is 2.42 bits per heavy atom. The summed E-state index contributed by atoms with van der Waals surface area (Å²) in [5.74, 6) is 1.04. The van der Waals surface area contributed by atoms with Crippen LogP contribution in [0.2, 0.25) is 0 Å². The topological polar surface area (TPSA) is 33.1 Å². The summed E-state index contributed by atoms with van der Waals surface area (Å²) in [5, 5.41) is 3.49. The first kappa shape index (κ1) is 13.6. The molecule has 0 radical (unpaired) electrons. The van der Waals surface area contributed by atoms with Gasteiger partial charge < -0.3 is 14.8 Å². The van der Waals surface area contributed by atoms with E-state index in [2.05, 4.69) is 65.1 Å². The van der Waals surface area contributed by atoms with Crippen molar-refractivity contribution in [3.8, 4) is 0 Å². The van der Waals surface area contributed by atoms with Gasteiger partial charge >= 0.3 is 0 Å². The van der Waals surface area contributed by atoms with Gasteiger partial charge in [0, 0.05) is 39.2 Å². The third-order valence-corrected chi connectivity index (χ3v) is 3.27. The fourth-order valence-electron chi connectivity index (χ4n) is 2.18. The van der Waals surface area contributed by atoms with E-state index >= 15 is 0 Å². The molecule has 0 fully saturated rings. The van der Waals surface area contributed by atoms with Crippen LogP contribution in [0.3, 0.4) is 0 Å². The van der Waals surface area contributed by atoms with E-state index in [0.717, 1.165) is 12.4 Å². The average Bonchev–Trinajstić information content (AvgIpc) is 2.82. The Balaban J connectivity index is 2.31. The normalized spacial score (nSPS) is 12.4. The van der Waals surface area contributed by atoms with Crippen LogP contribution < -0.4 is 10.2 Å². The van der Waals surface area contributed by atoms with Gasteiger partial charge in [0.25, 0.3) is 0 Å². The molecule has 2 aromatic rings. The van der Waals surface area contributed by atoms with Crippen molar-refractivity contribution in [1.29, 1.82) is 0 Å². The van der Waals surface area contributed by atoms with Crippen LogP contribution in [0.25, 0.3) is 0 Å². The SMILES string of the molecule is CCNC(c1ccc(N(C)C)cc1)c1nccn1C. The summed E-state index contributed by atoms with van der Waals surface area (Å²) < 4.78 is 2.06. The Hall–Kier alpha value is -1.81. The Kier molecular flexibility index (Phi) is 4.22. The number of nitrogens with zero attached hydrogens (tertiary/aromatic N) is 3. The lowest BCUT2D eigenvalue weighted by atomic mass is 10.1. The number of aryl methyl sites for hydroxylation is 1. The van der Waals surface area contributed by atoms with Crippen molar-refractivity contribution < 1.29 is 0 Å². The zero-order valence-electron chi connectivity index (χ0n) is 12.1. The van der Waals surface area contributed by atoms with Crippen LogP contribution in [0.4, 0.5) is 5.69 Å². The minimum atomic E-state index is 0.140. The minimum absolute atomic E-state index is 0.140. The summed E-state index contributed by atoms with van der Waals surface area (Å²) in [6.45, 7) is 3.02. The number of aromatic nitrogens is 2. The van der Waals surface area contributed by atoms with Gasteiger partial charge in [-0.2, -0.15) is 0 Å². The molecule has 2 rings (SSSR count). The molecular formula is C15H22N4. The molecule has 1 aromatic heterocycles. The molecular weight excluding hydrogens is 236 g/mol. The van der Waals surface area contributed by atoms with Crippen LogP contribution in [0, 0.1) is 0 Å². The standard InChI is InChI=1S/C15H22N4/c1-5-16-14(15-17-10-11-19(15)4)12-6-8-13(9-7-12)18(2)3/h6-11,14,16H,5H2,1-4H3. The molecule has 1 N–H and O–H groups in total. The first-order chi connectivity index (χ1) is 9.13. The van der Waals surface area contributed by atoms with Crippen LogP contribution in [-0.2, 0) is 7.05 Å². The number of hydrogen-bond donors (Lipinski definition) is 1. The number of hydrogen-bond acceptors (Lipinski definition) is 3. The second kappa shape index (κ2) is 5.89. The fraction of sp³-hybridized carbons (Fsp3) is 0.400. The maximum absolute atomic E-state index is 4.46. The number of rotatable bonds is 5. The van der Waals surface area contributed by atoms with Crippen LogP contribution in [0.1, 0.15) is 24.4 Å². The molecule has 19 heavy (non-hydrogen) atoms. The highest BCUT2D eigenvalue weighted by molar-refractivity contribution is 5.47. The predicted molar refractivity (Wildman–Crippen MR) is 79.5 cm³/mol. The summed E-state index contributed by atoms with van der Waals surface area (Å²) in [6, 6.07) is 8.75. The molecule has 0 saturated carbocycles. The van der Waals surface area contributed by atoms with Crippen molar-refractivity contribution in [2.24, 2.45) is 7.05 Å². The van der Waals surface area contributed by atoms with E-state index in [1.807, 2.05) is 19.4 Å². The summed E-state index contributed by atoms with van der Waals surface area (Å²) in [6.07, 6.45) is 3.82. The molecule has 0 spiro atoms. The number of anilines is 1. The van der Waals surface area contributed by atoms with E-state index in [0.29, 0.717) is 0 Å². The van der Waals surface area contributed by atoms with Crippen LogP contribution >= 0.6 is 0 Å². The van der Waals surface area contributed by atoms with E-state index in [-0.39, 0.29) is 6.04 Å². The average molecular weight is 258 g/mol. The molecule has 0 aliphatic rings. The van der Waals surface area contributed by atoms with Crippen molar-refractivity contribution in [1.82, 2.24) is 14.9 Å². The molecule has 0 saturated heterocycles. The molecule has 0 amide bonds. The van der Waals surface area contributed by atoms with Crippen molar-refractivity contribution >= 4 is 5.69 Å². The number of imidazole rings is 1. The second-order valence-electron chi connectivity index (χ2n) is 4.87. The smallest absolute Gasteiger partial charge is 0.130 e. The molecule has 102 valence electrons. The predicted octanol–water partition coefficient (Wildman–Crippen LogP) is 2.18. The molecule has 0 aliphatic carbocycles. The summed E-state index contributed by atoms with van der Waals surface area (Å²) >= 11 is 0. The molecule has 4 heteroatoms. The zero-order chi connectivity index (χ0) is 13.8. The molecule has 0 bridgehead atoms. The summed E-state index contributed by atoms with van der Waals surface area (Å²) in [5.41, 5.74) is 2.44. The van der Waals surface area contributed by atoms with Gasteiger partial charge in [-0.1, -0.05) is 19.1 Å². The van der Waals surface area contributed by atoms with Gasteiger partial charge in [0.05, 0.1) is 6.04 Å². The van der Waals surface area contributed by atoms with E-state index in [9.17, 15) is 0 Å². The monoisotopic (exact) mass is 258 g/mol. The van der Waals surface area contributed by atoms with Crippen molar-refractivity contribution in [3.05, 3.63) is 48.0 Å². The summed E-state index contributed by atoms with van der Waals surface area (Å²) in [7, 11) is 6.13. The van der Waals surface area contributed by atoms with Crippen molar-refractivity contribution in [3.63, 3.8) is 0 Å². The number of benzene rings is 1. The molecule has 0 aliphatic heterocycles. The lowest BCUT2D eigenvalue weighted by Gasteiger charge is -2.19. The van der Waals surface area contributed by atoms with Gasteiger partial charge in [0.2, 0.25) is 0 Å².